The Labute approximate surface area is 127 Å². The number of likely N-dealkylation sites (N-methyl/N-ethyl adjacent to an activating group) is 1. The van der Waals surface area contributed by atoms with Crippen molar-refractivity contribution >= 4 is 11.6 Å². The van der Waals surface area contributed by atoms with Crippen molar-refractivity contribution in [1.29, 1.82) is 0 Å². The highest BCUT2D eigenvalue weighted by Crippen LogP contribution is 2.25. The predicted molar refractivity (Wildman–Crippen MR) is 78.3 cm³/mol. The van der Waals surface area contributed by atoms with E-state index < -0.39 is 4.92 Å². The first-order chi connectivity index (χ1) is 10.5. The average Bonchev–Trinajstić information content (AvgIpc) is 2.90. The maximum Gasteiger partial charge on any atom is 0.310 e. The third-order valence-corrected chi connectivity index (χ3v) is 3.02. The number of aromatic nitrogens is 2. The molecule has 0 aliphatic carbocycles. The van der Waals surface area contributed by atoms with E-state index in [1.165, 1.54) is 17.0 Å². The van der Waals surface area contributed by atoms with E-state index in [0.29, 0.717) is 6.54 Å². The van der Waals surface area contributed by atoms with E-state index in [1.807, 2.05) is 6.20 Å². The number of carbonyl (C=O) groups is 1. The van der Waals surface area contributed by atoms with Crippen LogP contribution < -0.4 is 4.74 Å². The van der Waals surface area contributed by atoms with Gasteiger partial charge in [0.1, 0.15) is 0 Å². The Bertz CT molecular complexity index is 683. The summed E-state index contributed by atoms with van der Waals surface area (Å²) in [7, 11) is 3.43. The molecule has 0 N–H and O–H groups in total. The second-order valence-corrected chi connectivity index (χ2v) is 4.79. The fraction of sp³-hybridized carbons (Fsp3) is 0.286. The molecule has 0 unspecified atom stereocenters. The van der Waals surface area contributed by atoms with Gasteiger partial charge >= 0.3 is 5.69 Å². The van der Waals surface area contributed by atoms with Crippen molar-refractivity contribution in [2.24, 2.45) is 7.05 Å². The van der Waals surface area contributed by atoms with Gasteiger partial charge in [-0.3, -0.25) is 19.6 Å². The molecule has 2 rings (SSSR count). The van der Waals surface area contributed by atoms with Crippen LogP contribution in [0, 0.1) is 10.1 Å². The maximum atomic E-state index is 12.0. The van der Waals surface area contributed by atoms with E-state index >= 15 is 0 Å². The van der Waals surface area contributed by atoms with Crippen LogP contribution in [0.15, 0.2) is 36.7 Å². The van der Waals surface area contributed by atoms with Crippen molar-refractivity contribution in [3.05, 3.63) is 52.3 Å². The van der Waals surface area contributed by atoms with E-state index in [9.17, 15) is 14.9 Å². The second-order valence-electron chi connectivity index (χ2n) is 4.79. The molecule has 116 valence electrons. The molecule has 0 spiro atoms. The van der Waals surface area contributed by atoms with Gasteiger partial charge in [0.2, 0.25) is 0 Å². The Morgan fingerprint density at radius 3 is 2.82 bits per heavy atom. The molecule has 0 radical (unpaired) electrons. The minimum absolute atomic E-state index is 0.0793. The van der Waals surface area contributed by atoms with Crippen LogP contribution in [0.3, 0.4) is 0 Å². The van der Waals surface area contributed by atoms with Crippen molar-refractivity contribution in [2.45, 2.75) is 6.54 Å². The summed E-state index contributed by atoms with van der Waals surface area (Å²) in [4.78, 5) is 23.8. The number of benzene rings is 1. The van der Waals surface area contributed by atoms with Crippen LogP contribution in [-0.2, 0) is 18.4 Å². The second kappa shape index (κ2) is 6.70. The summed E-state index contributed by atoms with van der Waals surface area (Å²) >= 11 is 0. The number of hydrogen-bond donors (Lipinski definition) is 0. The van der Waals surface area contributed by atoms with Crippen LogP contribution in [-0.4, -0.2) is 39.2 Å². The number of nitrogens with zero attached hydrogens (tertiary/aromatic N) is 4. The first-order valence-corrected chi connectivity index (χ1v) is 6.55. The molecule has 0 atom stereocenters. The molecule has 0 saturated carbocycles. The molecule has 1 aromatic heterocycles. The normalized spacial score (nSPS) is 10.3. The molecule has 1 heterocycles. The van der Waals surface area contributed by atoms with Crippen LogP contribution in [0.2, 0.25) is 0 Å². The van der Waals surface area contributed by atoms with Gasteiger partial charge in [-0.05, 0) is 6.07 Å². The lowest BCUT2D eigenvalue weighted by Gasteiger charge is -2.16. The van der Waals surface area contributed by atoms with Gasteiger partial charge in [-0.15, -0.1) is 0 Å². The Morgan fingerprint density at radius 1 is 1.45 bits per heavy atom. The predicted octanol–water partition coefficient (Wildman–Crippen LogP) is 1.37. The number of nitro groups is 1. The first-order valence-electron chi connectivity index (χ1n) is 6.55. The third kappa shape index (κ3) is 3.81. The summed E-state index contributed by atoms with van der Waals surface area (Å²) in [5.74, 6) is -0.197. The van der Waals surface area contributed by atoms with Crippen LogP contribution in [0.25, 0.3) is 0 Å². The van der Waals surface area contributed by atoms with Crippen LogP contribution in [0.4, 0.5) is 5.69 Å². The summed E-state index contributed by atoms with van der Waals surface area (Å²) < 4.78 is 6.92. The zero-order valence-electron chi connectivity index (χ0n) is 12.3. The van der Waals surface area contributed by atoms with Gasteiger partial charge in [0.25, 0.3) is 5.91 Å². The summed E-state index contributed by atoms with van der Waals surface area (Å²) in [6.07, 6.45) is 3.49. The fourth-order valence-corrected chi connectivity index (χ4v) is 1.90. The first kappa shape index (κ1) is 15.5. The van der Waals surface area contributed by atoms with Crippen molar-refractivity contribution in [2.75, 3.05) is 13.7 Å². The van der Waals surface area contributed by atoms with Crippen LogP contribution in [0.1, 0.15) is 5.56 Å². The highest BCUT2D eigenvalue weighted by molar-refractivity contribution is 5.77. The fourth-order valence-electron chi connectivity index (χ4n) is 1.90. The lowest BCUT2D eigenvalue weighted by molar-refractivity contribution is -0.385. The molecule has 8 heteroatoms. The number of ether oxygens (including phenoxy) is 1. The van der Waals surface area contributed by atoms with Gasteiger partial charge in [-0.2, -0.15) is 5.10 Å². The molecular formula is C14H16N4O4. The van der Waals surface area contributed by atoms with Gasteiger partial charge in [0.15, 0.2) is 12.4 Å². The molecule has 0 aliphatic heterocycles. The topological polar surface area (TPSA) is 90.5 Å². The SMILES string of the molecule is CN(Cc1cnn(C)c1)C(=O)COc1ccccc1[N+](=O)[O-]. The average molecular weight is 304 g/mol. The van der Waals surface area contributed by atoms with Crippen molar-refractivity contribution in [3.8, 4) is 5.75 Å². The number of aryl methyl sites for hydroxylation is 1. The maximum absolute atomic E-state index is 12.0. The zero-order chi connectivity index (χ0) is 16.1. The molecule has 2 aromatic rings. The van der Waals surface area contributed by atoms with Crippen molar-refractivity contribution in [1.82, 2.24) is 14.7 Å². The number of hydrogen-bond acceptors (Lipinski definition) is 5. The molecule has 22 heavy (non-hydrogen) atoms. The Balaban J connectivity index is 1.93. The standard InChI is InChI=1S/C14H16N4O4/c1-16(8-11-7-15-17(2)9-11)14(19)10-22-13-6-4-3-5-12(13)18(20)21/h3-7,9H,8,10H2,1-2H3. The zero-order valence-corrected chi connectivity index (χ0v) is 12.3. The van der Waals surface area contributed by atoms with Gasteiger partial charge in [-0.1, -0.05) is 12.1 Å². The van der Waals surface area contributed by atoms with Gasteiger partial charge in [0.05, 0.1) is 11.1 Å². The lowest BCUT2D eigenvalue weighted by Crippen LogP contribution is -2.30. The number of amides is 1. The largest absolute Gasteiger partial charge is 0.477 e. The van der Waals surface area contributed by atoms with Crippen LogP contribution >= 0.6 is 0 Å². The summed E-state index contributed by atoms with van der Waals surface area (Å²) in [5, 5.41) is 14.9. The molecule has 0 bridgehead atoms. The smallest absolute Gasteiger partial charge is 0.310 e. The highest BCUT2D eigenvalue weighted by atomic mass is 16.6. The van der Waals surface area contributed by atoms with E-state index in [0.717, 1.165) is 5.56 Å². The van der Waals surface area contributed by atoms with Crippen molar-refractivity contribution < 1.29 is 14.5 Å². The molecule has 0 fully saturated rings. The number of carbonyl (C=O) groups excluding carboxylic acids is 1. The summed E-state index contributed by atoms with van der Waals surface area (Å²) in [5.41, 5.74) is 0.731. The third-order valence-electron chi connectivity index (χ3n) is 3.02. The minimum Gasteiger partial charge on any atom is -0.477 e. The molecule has 0 aliphatic rings. The van der Waals surface area contributed by atoms with E-state index in [-0.39, 0.29) is 24.0 Å². The molecule has 1 amide bonds. The highest BCUT2D eigenvalue weighted by Gasteiger charge is 2.16. The summed E-state index contributed by atoms with van der Waals surface area (Å²) in [6, 6.07) is 5.96. The Morgan fingerprint density at radius 2 is 2.18 bits per heavy atom. The monoisotopic (exact) mass is 304 g/mol. The van der Waals surface area contributed by atoms with E-state index in [1.54, 1.807) is 37.1 Å². The molecular weight excluding hydrogens is 288 g/mol. The van der Waals surface area contributed by atoms with E-state index in [4.69, 9.17) is 4.74 Å². The number of nitro benzene ring substituents is 1. The van der Waals surface area contributed by atoms with Gasteiger partial charge in [-0.25, -0.2) is 0 Å². The van der Waals surface area contributed by atoms with Gasteiger partial charge in [0, 0.05) is 38.5 Å². The van der Waals surface area contributed by atoms with E-state index in [2.05, 4.69) is 5.10 Å². The quantitative estimate of drug-likeness (QED) is 0.594. The minimum atomic E-state index is -0.542. The molecule has 8 nitrogen and oxygen atoms in total. The Kier molecular flexibility index (Phi) is 4.72. The summed E-state index contributed by atoms with van der Waals surface area (Å²) in [6.45, 7) is 0.133. The number of para-hydroxylation sites is 2. The Hall–Kier alpha value is -2.90. The van der Waals surface area contributed by atoms with Crippen molar-refractivity contribution in [3.63, 3.8) is 0 Å². The molecule has 1 aromatic carbocycles. The lowest BCUT2D eigenvalue weighted by atomic mass is 10.3. The van der Waals surface area contributed by atoms with Crippen LogP contribution in [0.5, 0.6) is 5.75 Å². The van der Waals surface area contributed by atoms with Gasteiger partial charge < -0.3 is 9.64 Å². The molecule has 0 saturated heterocycles. The number of rotatable bonds is 6.